The van der Waals surface area contributed by atoms with Gasteiger partial charge in [-0.3, -0.25) is 5.32 Å². The molecule has 2 bridgehead atoms. The van der Waals surface area contributed by atoms with Crippen LogP contribution in [0.5, 0.6) is 0 Å². The molecule has 0 spiro atoms. The summed E-state index contributed by atoms with van der Waals surface area (Å²) in [5.41, 5.74) is 0.270. The third kappa shape index (κ3) is 6.45. The van der Waals surface area contributed by atoms with E-state index in [-0.39, 0.29) is 48.0 Å². The van der Waals surface area contributed by atoms with Crippen molar-refractivity contribution in [2.45, 2.75) is 103 Å². The molecule has 1 N–H and O–H groups in total. The minimum absolute atomic E-state index is 0.0487. The summed E-state index contributed by atoms with van der Waals surface area (Å²) >= 11 is 2.66. The molecule has 2 saturated heterocycles. The zero-order chi connectivity index (χ0) is 35.7. The number of thiophene rings is 1. The molecule has 2 amide bonds. The number of aromatic nitrogens is 2. The number of halogens is 2. The van der Waals surface area contributed by atoms with E-state index in [0.29, 0.717) is 55.9 Å². The standard InChI is InChI=1S/C36H41F2N5O5S2/c1-8-49-32-40-30-28(31(41-32)43-18-9-10-19(43)15-42(14-18)34(45)48-36(5,6)7)22-17-46-16-21(22)27(29(30)38)26-20-13-25(39-33(44)47-35(2,3)4)50-24(20)12-11-23(26)37/h11-13,18-19H,8-10,14-17H2,1-7H3,(H,39,44). The van der Waals surface area contributed by atoms with Gasteiger partial charge in [0.25, 0.3) is 0 Å². The molecular formula is C36H41F2N5O5S2. The number of benzene rings is 2. The highest BCUT2D eigenvalue weighted by atomic mass is 32.2. The van der Waals surface area contributed by atoms with Gasteiger partial charge in [0, 0.05) is 46.4 Å². The zero-order valence-corrected chi connectivity index (χ0v) is 30.9. The van der Waals surface area contributed by atoms with Gasteiger partial charge in [0.05, 0.1) is 23.6 Å². The smallest absolute Gasteiger partial charge is 0.412 e. The fraction of sp³-hybridized carbons (Fsp3) is 0.500. The number of hydrogen-bond donors (Lipinski definition) is 1. The van der Waals surface area contributed by atoms with E-state index in [2.05, 4.69) is 10.2 Å². The van der Waals surface area contributed by atoms with Gasteiger partial charge in [0.2, 0.25) is 0 Å². The minimum Gasteiger partial charge on any atom is -0.444 e. The fourth-order valence-electron chi connectivity index (χ4n) is 7.16. The first-order chi connectivity index (χ1) is 23.6. The van der Waals surface area contributed by atoms with E-state index in [9.17, 15) is 9.59 Å². The van der Waals surface area contributed by atoms with E-state index in [1.165, 1.54) is 29.2 Å². The van der Waals surface area contributed by atoms with E-state index in [0.717, 1.165) is 18.4 Å². The van der Waals surface area contributed by atoms with Gasteiger partial charge in [0.1, 0.15) is 28.4 Å². The van der Waals surface area contributed by atoms with Crippen LogP contribution in [0.2, 0.25) is 0 Å². The molecule has 0 saturated carbocycles. The third-order valence-corrected chi connectivity index (χ3v) is 10.7. The summed E-state index contributed by atoms with van der Waals surface area (Å²) in [5, 5.41) is 4.63. The normalized spacial score (nSPS) is 19.0. The molecule has 2 aromatic heterocycles. The first-order valence-electron chi connectivity index (χ1n) is 16.9. The van der Waals surface area contributed by atoms with Crippen molar-refractivity contribution in [1.29, 1.82) is 0 Å². The second-order valence-corrected chi connectivity index (χ2v) is 17.2. The van der Waals surface area contributed by atoms with Gasteiger partial charge in [-0.15, -0.1) is 11.3 Å². The first kappa shape index (κ1) is 34.7. The Morgan fingerprint density at radius 3 is 2.34 bits per heavy atom. The number of anilines is 2. The molecule has 2 fully saturated rings. The van der Waals surface area contributed by atoms with Crippen molar-refractivity contribution in [1.82, 2.24) is 14.9 Å². The monoisotopic (exact) mass is 725 g/mol. The van der Waals surface area contributed by atoms with Crippen LogP contribution in [-0.2, 0) is 27.4 Å². The lowest BCUT2D eigenvalue weighted by atomic mass is 9.91. The zero-order valence-electron chi connectivity index (χ0n) is 29.2. The van der Waals surface area contributed by atoms with E-state index >= 15 is 8.78 Å². The number of nitrogens with zero attached hydrogens (tertiary/aromatic N) is 4. The number of hydrogen-bond acceptors (Lipinski definition) is 10. The Bertz CT molecular complexity index is 2010. The van der Waals surface area contributed by atoms with Crippen LogP contribution in [0.15, 0.2) is 23.4 Å². The van der Waals surface area contributed by atoms with Crippen molar-refractivity contribution < 1.29 is 32.6 Å². The number of rotatable bonds is 5. The molecule has 7 rings (SSSR count). The quantitative estimate of drug-likeness (QED) is 0.160. The fourth-order valence-corrected chi connectivity index (χ4v) is 8.68. The molecule has 3 aliphatic heterocycles. The van der Waals surface area contributed by atoms with Crippen LogP contribution in [0.25, 0.3) is 32.1 Å². The molecule has 14 heteroatoms. The molecule has 10 nitrogen and oxygen atoms in total. The Labute approximate surface area is 297 Å². The Kier molecular flexibility index (Phi) is 8.87. The molecule has 266 valence electrons. The van der Waals surface area contributed by atoms with Crippen LogP contribution in [0, 0.1) is 11.6 Å². The number of carbonyl (C=O) groups excluding carboxylic acids is 2. The highest BCUT2D eigenvalue weighted by Crippen LogP contribution is 2.48. The lowest BCUT2D eigenvalue weighted by Gasteiger charge is -2.42. The summed E-state index contributed by atoms with van der Waals surface area (Å²) in [7, 11) is 0. The first-order valence-corrected chi connectivity index (χ1v) is 18.7. The van der Waals surface area contributed by atoms with E-state index in [1.807, 2.05) is 27.7 Å². The molecule has 3 aliphatic rings. The maximum absolute atomic E-state index is 17.3. The second kappa shape index (κ2) is 12.8. The summed E-state index contributed by atoms with van der Waals surface area (Å²) in [5.74, 6) is 0.0424. The molecule has 0 aliphatic carbocycles. The molecule has 2 unspecified atom stereocenters. The van der Waals surface area contributed by atoms with Gasteiger partial charge in [0.15, 0.2) is 11.0 Å². The van der Waals surface area contributed by atoms with Crippen molar-refractivity contribution >= 4 is 67.1 Å². The minimum atomic E-state index is -0.701. The summed E-state index contributed by atoms with van der Waals surface area (Å²) < 4.78 is 51.1. The molecular weight excluding hydrogens is 685 g/mol. The highest BCUT2D eigenvalue weighted by Gasteiger charge is 2.45. The number of nitrogens with one attached hydrogen (secondary N) is 1. The number of carbonyl (C=O) groups is 2. The van der Waals surface area contributed by atoms with Crippen LogP contribution in [0.4, 0.5) is 29.2 Å². The number of piperazine rings is 1. The molecule has 2 aromatic carbocycles. The number of ether oxygens (including phenoxy) is 3. The van der Waals surface area contributed by atoms with Gasteiger partial charge in [-0.25, -0.2) is 28.3 Å². The van der Waals surface area contributed by atoms with E-state index in [4.69, 9.17) is 24.2 Å². The summed E-state index contributed by atoms with van der Waals surface area (Å²) in [6, 6.07) is 4.50. The van der Waals surface area contributed by atoms with Gasteiger partial charge < -0.3 is 24.0 Å². The highest BCUT2D eigenvalue weighted by molar-refractivity contribution is 7.99. The maximum atomic E-state index is 17.3. The van der Waals surface area contributed by atoms with Gasteiger partial charge >= 0.3 is 12.2 Å². The average molecular weight is 726 g/mol. The number of amides is 2. The summed E-state index contributed by atoms with van der Waals surface area (Å²) in [6.45, 7) is 14.0. The van der Waals surface area contributed by atoms with Crippen molar-refractivity contribution in [3.63, 3.8) is 0 Å². The van der Waals surface area contributed by atoms with Crippen LogP contribution >= 0.6 is 23.1 Å². The Balaban J connectivity index is 1.36. The van der Waals surface area contributed by atoms with E-state index < -0.39 is 28.9 Å². The lowest BCUT2D eigenvalue weighted by Crippen LogP contribution is -2.56. The predicted octanol–water partition coefficient (Wildman–Crippen LogP) is 8.87. The van der Waals surface area contributed by atoms with Crippen LogP contribution < -0.4 is 10.2 Å². The van der Waals surface area contributed by atoms with Crippen molar-refractivity contribution in [2.24, 2.45) is 0 Å². The Hall–Kier alpha value is -3.75. The number of fused-ring (bicyclic) bond motifs is 6. The summed E-state index contributed by atoms with van der Waals surface area (Å²) in [6.07, 6.45) is 0.706. The van der Waals surface area contributed by atoms with Gasteiger partial charge in [-0.2, -0.15) is 0 Å². The van der Waals surface area contributed by atoms with E-state index in [1.54, 1.807) is 37.8 Å². The van der Waals surface area contributed by atoms with Crippen LogP contribution in [0.3, 0.4) is 0 Å². The van der Waals surface area contributed by atoms with Gasteiger partial charge in [-0.05, 0) is 89.5 Å². The topological polar surface area (TPSA) is 106 Å². The number of likely N-dealkylation sites (tertiary alicyclic amines) is 1. The molecule has 5 heterocycles. The molecule has 2 atom stereocenters. The summed E-state index contributed by atoms with van der Waals surface area (Å²) in [4.78, 5) is 39.4. The van der Waals surface area contributed by atoms with Crippen LogP contribution in [-0.4, -0.2) is 69.2 Å². The van der Waals surface area contributed by atoms with Crippen LogP contribution in [0.1, 0.15) is 72.4 Å². The third-order valence-electron chi connectivity index (χ3n) is 8.93. The number of thioether (sulfide) groups is 1. The molecule has 4 aromatic rings. The van der Waals surface area contributed by atoms with Crippen molar-refractivity contribution in [3.8, 4) is 11.1 Å². The Morgan fingerprint density at radius 1 is 1.00 bits per heavy atom. The lowest BCUT2D eigenvalue weighted by molar-refractivity contribution is 0.0209. The molecule has 50 heavy (non-hydrogen) atoms. The molecule has 0 radical (unpaired) electrons. The van der Waals surface area contributed by atoms with Crippen molar-refractivity contribution in [3.05, 3.63) is 41.0 Å². The van der Waals surface area contributed by atoms with Crippen molar-refractivity contribution in [2.75, 3.05) is 29.1 Å². The second-order valence-electron chi connectivity index (χ2n) is 14.9. The average Bonchev–Trinajstić information content (AvgIpc) is 3.71. The predicted molar refractivity (Wildman–Crippen MR) is 192 cm³/mol. The Morgan fingerprint density at radius 2 is 1.68 bits per heavy atom. The SMILES string of the molecule is CCSc1nc(N2C3CCC2CN(C(=O)OC(C)(C)C)C3)c2c3c(c(-c4c(F)ccc5sc(NC(=O)OC(C)(C)C)cc45)c(F)c2n1)COC3. The largest absolute Gasteiger partial charge is 0.444 e. The maximum Gasteiger partial charge on any atom is 0.412 e. The van der Waals surface area contributed by atoms with Gasteiger partial charge in [-0.1, -0.05) is 18.7 Å².